The first kappa shape index (κ1) is 22.4. The largest absolute Gasteiger partial charge is 0.411 e. The number of aliphatic hydroxyl groups is 1. The third-order valence-electron chi connectivity index (χ3n) is 6.34. The highest BCUT2D eigenvalue weighted by Crippen LogP contribution is 2.58. The topological polar surface area (TPSA) is 71.3 Å². The first-order valence-corrected chi connectivity index (χ1v) is 9.27. The van der Waals surface area contributed by atoms with Crippen molar-refractivity contribution in [1.29, 1.82) is 0 Å². The highest BCUT2D eigenvalue weighted by molar-refractivity contribution is 6.18. The van der Waals surface area contributed by atoms with Crippen molar-refractivity contribution in [3.8, 4) is 0 Å². The van der Waals surface area contributed by atoms with Crippen LogP contribution in [0.1, 0.15) is 53.9 Å². The summed E-state index contributed by atoms with van der Waals surface area (Å²) < 4.78 is 11.6. The molecule has 146 valence electrons. The number of hydrogen-bond acceptors (Lipinski definition) is 5. The fourth-order valence-corrected chi connectivity index (χ4v) is 4.69. The van der Waals surface area contributed by atoms with Crippen molar-refractivity contribution in [2.45, 2.75) is 71.7 Å². The molecule has 0 amide bonds. The molecule has 0 saturated heterocycles. The van der Waals surface area contributed by atoms with Crippen LogP contribution in [0.5, 0.6) is 0 Å². The zero-order valence-electron chi connectivity index (χ0n) is 16.6. The van der Waals surface area contributed by atoms with Gasteiger partial charge < -0.3 is 19.8 Å². The van der Waals surface area contributed by atoms with Crippen molar-refractivity contribution in [3.63, 3.8) is 0 Å². The van der Waals surface area contributed by atoms with Crippen LogP contribution < -0.4 is 0 Å². The molecule has 0 aromatic heterocycles. The first-order valence-electron chi connectivity index (χ1n) is 8.73. The van der Waals surface area contributed by atoms with Crippen LogP contribution in [0.3, 0.4) is 0 Å². The van der Waals surface area contributed by atoms with Crippen molar-refractivity contribution >= 4 is 17.3 Å². The van der Waals surface area contributed by atoms with Crippen LogP contribution in [-0.2, 0) is 9.47 Å². The van der Waals surface area contributed by atoms with Crippen molar-refractivity contribution in [3.05, 3.63) is 11.6 Å². The summed E-state index contributed by atoms with van der Waals surface area (Å²) in [4.78, 5) is 0. The molecule has 0 aromatic rings. The highest BCUT2D eigenvalue weighted by atomic mass is 35.5. The van der Waals surface area contributed by atoms with Gasteiger partial charge in [0.2, 0.25) is 0 Å². The first-order chi connectivity index (χ1) is 11.6. The van der Waals surface area contributed by atoms with Crippen LogP contribution >= 0.6 is 11.6 Å². The monoisotopic (exact) mass is 375 g/mol. The van der Waals surface area contributed by atoms with Crippen LogP contribution in [0.25, 0.3) is 0 Å². The van der Waals surface area contributed by atoms with Crippen LogP contribution in [0.4, 0.5) is 0 Å². The third-order valence-corrected chi connectivity index (χ3v) is 6.78. The second-order valence-electron chi connectivity index (χ2n) is 8.04. The minimum Gasteiger partial charge on any atom is -0.411 e. The summed E-state index contributed by atoms with van der Waals surface area (Å²) in [6.07, 6.45) is 2.96. The molecular formula is C19H34ClNO4. The van der Waals surface area contributed by atoms with Gasteiger partial charge in [-0.3, -0.25) is 0 Å². The van der Waals surface area contributed by atoms with Crippen molar-refractivity contribution in [1.82, 2.24) is 0 Å². The summed E-state index contributed by atoms with van der Waals surface area (Å²) in [6, 6.07) is 0. The van der Waals surface area contributed by atoms with Gasteiger partial charge in [-0.05, 0) is 33.1 Å². The van der Waals surface area contributed by atoms with Gasteiger partial charge in [0.15, 0.2) is 0 Å². The highest BCUT2D eigenvalue weighted by Gasteiger charge is 2.65. The smallest absolute Gasteiger partial charge is 0.107 e. The Hall–Kier alpha value is -0.620. The Kier molecular flexibility index (Phi) is 7.52. The van der Waals surface area contributed by atoms with E-state index in [1.807, 2.05) is 20.8 Å². The van der Waals surface area contributed by atoms with Crippen LogP contribution in [0.15, 0.2) is 16.8 Å². The summed E-state index contributed by atoms with van der Waals surface area (Å²) in [5, 5.41) is 24.4. The van der Waals surface area contributed by atoms with Gasteiger partial charge in [-0.1, -0.05) is 37.6 Å². The van der Waals surface area contributed by atoms with Crippen molar-refractivity contribution < 1.29 is 19.8 Å². The van der Waals surface area contributed by atoms with Crippen LogP contribution in [0.2, 0.25) is 0 Å². The Bertz CT molecular complexity index is 516. The average Bonchev–Trinajstić information content (AvgIpc) is 2.56. The maximum absolute atomic E-state index is 11.5. The van der Waals surface area contributed by atoms with E-state index in [1.54, 1.807) is 14.2 Å². The van der Waals surface area contributed by atoms with Crippen molar-refractivity contribution in [2.75, 3.05) is 20.1 Å². The minimum absolute atomic E-state index is 0.0740. The number of rotatable bonds is 7. The number of nitrogens with zero attached hydrogens (tertiary/aromatic N) is 1. The SMILES string of the molecule is COC(CC=C(C)C)C(C)(C)[C@@]1(C)[C@H](OC)C(=NO)CCC1(O)CCl. The van der Waals surface area contributed by atoms with Crippen molar-refractivity contribution in [2.24, 2.45) is 16.0 Å². The van der Waals surface area contributed by atoms with E-state index < -0.39 is 22.5 Å². The van der Waals surface area contributed by atoms with Gasteiger partial charge in [-0.25, -0.2) is 0 Å². The standard InChI is InChI=1S/C19H34ClNO4/c1-13(2)8-9-15(24-6)17(3,4)18(5)16(25-7)14(21-23)10-11-19(18,22)12-20/h8,15-16,22-23H,9-12H2,1-7H3/t15?,16-,18-,19?/m1/s1. The predicted octanol–water partition coefficient (Wildman–Crippen LogP) is 4.00. The van der Waals surface area contributed by atoms with E-state index in [-0.39, 0.29) is 12.0 Å². The molecule has 2 unspecified atom stereocenters. The van der Waals surface area contributed by atoms with E-state index in [2.05, 4.69) is 25.1 Å². The molecule has 1 rings (SSSR count). The third kappa shape index (κ3) is 3.75. The predicted molar refractivity (Wildman–Crippen MR) is 102 cm³/mol. The van der Waals surface area contributed by atoms with E-state index in [0.29, 0.717) is 25.0 Å². The zero-order valence-corrected chi connectivity index (χ0v) is 17.4. The Morgan fingerprint density at radius 3 is 2.44 bits per heavy atom. The maximum atomic E-state index is 11.5. The second-order valence-corrected chi connectivity index (χ2v) is 8.31. The molecule has 6 heteroatoms. The Labute approximate surface area is 157 Å². The Balaban J connectivity index is 3.50. The lowest BCUT2D eigenvalue weighted by Crippen LogP contribution is -2.69. The lowest BCUT2D eigenvalue weighted by Gasteiger charge is -2.60. The molecule has 0 bridgehead atoms. The Morgan fingerprint density at radius 2 is 2.04 bits per heavy atom. The summed E-state index contributed by atoms with van der Waals surface area (Å²) in [7, 11) is 3.25. The molecule has 1 aliphatic carbocycles. The quantitative estimate of drug-likeness (QED) is 0.305. The molecule has 0 spiro atoms. The van der Waals surface area contributed by atoms with E-state index in [0.717, 1.165) is 0 Å². The Morgan fingerprint density at radius 1 is 1.44 bits per heavy atom. The molecule has 0 aliphatic heterocycles. The van der Waals surface area contributed by atoms with E-state index >= 15 is 0 Å². The normalized spacial score (nSPS) is 33.3. The van der Waals surface area contributed by atoms with Crippen LogP contribution in [-0.4, -0.2) is 53.9 Å². The van der Waals surface area contributed by atoms with E-state index in [1.165, 1.54) is 5.57 Å². The van der Waals surface area contributed by atoms with Gasteiger partial charge in [0, 0.05) is 25.0 Å². The summed E-state index contributed by atoms with van der Waals surface area (Å²) >= 11 is 6.24. The molecule has 1 fully saturated rings. The molecule has 5 nitrogen and oxygen atoms in total. The summed E-state index contributed by atoms with van der Waals surface area (Å²) in [5.41, 5.74) is -0.764. The number of hydrogen-bond donors (Lipinski definition) is 2. The number of oxime groups is 1. The fraction of sp³-hybridized carbons (Fsp3) is 0.842. The number of ether oxygens (including phenoxy) is 2. The number of methoxy groups -OCH3 is 2. The molecule has 25 heavy (non-hydrogen) atoms. The van der Waals surface area contributed by atoms with E-state index in [9.17, 15) is 10.3 Å². The van der Waals surface area contributed by atoms with Gasteiger partial charge in [-0.15, -0.1) is 11.6 Å². The molecule has 0 radical (unpaired) electrons. The number of allylic oxidation sites excluding steroid dienone is 1. The summed E-state index contributed by atoms with van der Waals surface area (Å²) in [6.45, 7) is 10.2. The fourth-order valence-electron chi connectivity index (χ4n) is 4.28. The van der Waals surface area contributed by atoms with Gasteiger partial charge in [0.1, 0.15) is 6.10 Å². The minimum atomic E-state index is -1.17. The molecular weight excluding hydrogens is 342 g/mol. The average molecular weight is 376 g/mol. The second kappa shape index (κ2) is 8.38. The number of alkyl halides is 1. The lowest BCUT2D eigenvalue weighted by atomic mass is 9.49. The van der Waals surface area contributed by atoms with Gasteiger partial charge >= 0.3 is 0 Å². The van der Waals surface area contributed by atoms with Gasteiger partial charge in [-0.2, -0.15) is 0 Å². The van der Waals surface area contributed by atoms with Gasteiger partial charge in [0.25, 0.3) is 0 Å². The molecule has 2 N–H and O–H groups in total. The maximum Gasteiger partial charge on any atom is 0.107 e. The lowest BCUT2D eigenvalue weighted by molar-refractivity contribution is -0.211. The molecule has 1 aliphatic rings. The molecule has 1 saturated carbocycles. The van der Waals surface area contributed by atoms with Gasteiger partial charge in [0.05, 0.1) is 23.3 Å². The zero-order chi connectivity index (χ0) is 19.5. The number of halogens is 1. The van der Waals surface area contributed by atoms with E-state index in [4.69, 9.17) is 21.1 Å². The summed E-state index contributed by atoms with van der Waals surface area (Å²) in [5.74, 6) is 0.0740. The molecule has 4 atom stereocenters. The molecule has 0 aromatic carbocycles. The molecule has 0 heterocycles. The van der Waals surface area contributed by atoms with Crippen LogP contribution in [0, 0.1) is 10.8 Å².